The van der Waals surface area contributed by atoms with Gasteiger partial charge in [0.2, 0.25) is 0 Å². The number of fused-ring (bicyclic) bond motifs is 1. The van der Waals surface area contributed by atoms with Crippen molar-refractivity contribution in [2.24, 2.45) is 0 Å². The molecule has 0 saturated heterocycles. The van der Waals surface area contributed by atoms with Crippen molar-refractivity contribution < 1.29 is 18.0 Å². The van der Waals surface area contributed by atoms with Gasteiger partial charge in [-0.2, -0.15) is 13.2 Å². The van der Waals surface area contributed by atoms with E-state index in [9.17, 15) is 18.0 Å². The molecule has 3 rings (SSSR count). The summed E-state index contributed by atoms with van der Waals surface area (Å²) in [6.45, 7) is 0. The van der Waals surface area contributed by atoms with Gasteiger partial charge in [0.25, 0.3) is 5.91 Å². The SMILES string of the molecule is O=C(NNc1ccccc1C(F)(F)F)c1ccc2c(c1)CCCC2. The van der Waals surface area contributed by atoms with Gasteiger partial charge in [-0.1, -0.05) is 18.2 Å². The van der Waals surface area contributed by atoms with Crippen LogP contribution in [0.15, 0.2) is 42.5 Å². The van der Waals surface area contributed by atoms with Crippen LogP contribution in [0.1, 0.15) is 39.9 Å². The highest BCUT2D eigenvalue weighted by Gasteiger charge is 2.33. The second kappa shape index (κ2) is 6.55. The van der Waals surface area contributed by atoms with Crippen LogP contribution in [0.5, 0.6) is 0 Å². The highest BCUT2D eigenvalue weighted by Crippen LogP contribution is 2.34. The molecule has 0 radical (unpaired) electrons. The van der Waals surface area contributed by atoms with Crippen molar-refractivity contribution in [3.8, 4) is 0 Å². The maximum Gasteiger partial charge on any atom is 0.418 e. The molecule has 0 unspecified atom stereocenters. The Hall–Kier alpha value is -2.50. The molecule has 2 aromatic carbocycles. The molecule has 2 N–H and O–H groups in total. The number of carbonyl (C=O) groups is 1. The van der Waals surface area contributed by atoms with E-state index in [1.54, 1.807) is 6.07 Å². The van der Waals surface area contributed by atoms with Crippen molar-refractivity contribution in [3.63, 3.8) is 0 Å². The molecule has 1 aliphatic rings. The van der Waals surface area contributed by atoms with Crippen LogP contribution >= 0.6 is 0 Å². The van der Waals surface area contributed by atoms with E-state index in [1.165, 1.54) is 23.8 Å². The van der Waals surface area contributed by atoms with Gasteiger partial charge in [0.1, 0.15) is 0 Å². The van der Waals surface area contributed by atoms with Crippen molar-refractivity contribution in [2.75, 3.05) is 5.43 Å². The number of rotatable bonds is 3. The topological polar surface area (TPSA) is 41.1 Å². The molecule has 0 bridgehead atoms. The minimum absolute atomic E-state index is 0.184. The number of hydrogen-bond acceptors (Lipinski definition) is 2. The number of para-hydroxylation sites is 1. The monoisotopic (exact) mass is 334 g/mol. The number of alkyl halides is 3. The van der Waals surface area contributed by atoms with Gasteiger partial charge in [-0.25, -0.2) is 0 Å². The lowest BCUT2D eigenvalue weighted by Gasteiger charge is -2.17. The Labute approximate surface area is 137 Å². The minimum Gasteiger partial charge on any atom is -0.298 e. The first-order valence-electron chi connectivity index (χ1n) is 7.79. The van der Waals surface area contributed by atoms with Gasteiger partial charge < -0.3 is 0 Å². The lowest BCUT2D eigenvalue weighted by atomic mass is 9.90. The van der Waals surface area contributed by atoms with E-state index in [4.69, 9.17) is 0 Å². The summed E-state index contributed by atoms with van der Waals surface area (Å²) in [5.74, 6) is -0.458. The number of hydrogen-bond donors (Lipinski definition) is 2. The van der Waals surface area contributed by atoms with Gasteiger partial charge in [0.05, 0.1) is 11.3 Å². The zero-order valence-electron chi connectivity index (χ0n) is 12.9. The maximum atomic E-state index is 12.9. The van der Waals surface area contributed by atoms with E-state index in [2.05, 4.69) is 10.9 Å². The molecule has 24 heavy (non-hydrogen) atoms. The largest absolute Gasteiger partial charge is 0.418 e. The number of nitrogens with one attached hydrogen (secondary N) is 2. The number of carbonyl (C=O) groups excluding carboxylic acids is 1. The van der Waals surface area contributed by atoms with Gasteiger partial charge >= 0.3 is 6.18 Å². The van der Waals surface area contributed by atoms with Crippen LogP contribution in [0.2, 0.25) is 0 Å². The van der Waals surface area contributed by atoms with Crippen molar-refractivity contribution >= 4 is 11.6 Å². The molecule has 3 nitrogen and oxygen atoms in total. The molecule has 1 aliphatic carbocycles. The number of aryl methyl sites for hydroxylation is 2. The molecule has 0 saturated carbocycles. The van der Waals surface area contributed by atoms with Crippen LogP contribution in [0.3, 0.4) is 0 Å². The average molecular weight is 334 g/mol. The molecule has 2 aromatic rings. The van der Waals surface area contributed by atoms with Crippen molar-refractivity contribution in [2.45, 2.75) is 31.9 Å². The number of anilines is 1. The van der Waals surface area contributed by atoms with E-state index in [-0.39, 0.29) is 5.69 Å². The summed E-state index contributed by atoms with van der Waals surface area (Å²) in [5.41, 5.74) is 6.54. The van der Waals surface area contributed by atoms with Crippen LogP contribution in [0, 0.1) is 0 Å². The molecule has 0 spiro atoms. The normalized spacial score (nSPS) is 14.0. The number of halogens is 3. The van der Waals surface area contributed by atoms with E-state index in [1.807, 2.05) is 12.1 Å². The summed E-state index contributed by atoms with van der Waals surface area (Å²) >= 11 is 0. The lowest BCUT2D eigenvalue weighted by Crippen LogP contribution is -2.30. The minimum atomic E-state index is -4.49. The number of amides is 1. The molecule has 0 fully saturated rings. The van der Waals surface area contributed by atoms with E-state index in [0.717, 1.165) is 37.3 Å². The van der Waals surface area contributed by atoms with Crippen molar-refractivity contribution in [1.82, 2.24) is 5.43 Å². The fourth-order valence-corrected chi connectivity index (χ4v) is 2.91. The molecule has 126 valence electrons. The Bertz CT molecular complexity index is 756. The van der Waals surface area contributed by atoms with Crippen molar-refractivity contribution in [3.05, 3.63) is 64.7 Å². The highest BCUT2D eigenvalue weighted by molar-refractivity contribution is 5.95. The maximum absolute atomic E-state index is 12.9. The second-order valence-corrected chi connectivity index (χ2v) is 5.81. The Morgan fingerprint density at radius 3 is 2.42 bits per heavy atom. The zero-order chi connectivity index (χ0) is 17.2. The fraction of sp³-hybridized carbons (Fsp3) is 0.278. The fourth-order valence-electron chi connectivity index (χ4n) is 2.91. The summed E-state index contributed by atoms with van der Waals surface area (Å²) in [6, 6.07) is 10.5. The molecule has 0 atom stereocenters. The Morgan fingerprint density at radius 1 is 0.958 bits per heavy atom. The van der Waals surface area contributed by atoms with E-state index < -0.39 is 17.6 Å². The summed E-state index contributed by atoms with van der Waals surface area (Å²) in [7, 11) is 0. The van der Waals surface area contributed by atoms with Gasteiger partial charge in [-0.05, 0) is 61.1 Å². The first-order chi connectivity index (χ1) is 11.4. The predicted octanol–water partition coefficient (Wildman–Crippen LogP) is 4.34. The molecule has 6 heteroatoms. The average Bonchev–Trinajstić information content (AvgIpc) is 2.58. The van der Waals surface area contributed by atoms with Crippen LogP contribution < -0.4 is 10.9 Å². The quantitative estimate of drug-likeness (QED) is 0.820. The van der Waals surface area contributed by atoms with Crippen LogP contribution in [0.4, 0.5) is 18.9 Å². The molecular formula is C18H17F3N2O. The third-order valence-electron chi connectivity index (χ3n) is 4.15. The highest BCUT2D eigenvalue weighted by atomic mass is 19.4. The molecular weight excluding hydrogens is 317 g/mol. The van der Waals surface area contributed by atoms with E-state index >= 15 is 0 Å². The van der Waals surface area contributed by atoms with Gasteiger partial charge in [0.15, 0.2) is 0 Å². The predicted molar refractivity (Wildman–Crippen MR) is 85.6 cm³/mol. The van der Waals surface area contributed by atoms with Gasteiger partial charge in [-0.3, -0.25) is 15.6 Å². The summed E-state index contributed by atoms with van der Waals surface area (Å²) in [6.07, 6.45) is -0.307. The second-order valence-electron chi connectivity index (χ2n) is 5.81. The Morgan fingerprint density at radius 2 is 1.67 bits per heavy atom. The lowest BCUT2D eigenvalue weighted by molar-refractivity contribution is -0.137. The van der Waals surface area contributed by atoms with E-state index in [0.29, 0.717) is 5.56 Å². The Kier molecular flexibility index (Phi) is 4.46. The Balaban J connectivity index is 1.73. The van der Waals surface area contributed by atoms with Crippen molar-refractivity contribution in [1.29, 1.82) is 0 Å². The number of benzene rings is 2. The first kappa shape index (κ1) is 16.4. The summed E-state index contributed by atoms with van der Waals surface area (Å²) < 4.78 is 38.8. The van der Waals surface area contributed by atoms with Crippen LogP contribution in [0.25, 0.3) is 0 Å². The van der Waals surface area contributed by atoms with Crippen LogP contribution in [-0.4, -0.2) is 5.91 Å². The van der Waals surface area contributed by atoms with Gasteiger partial charge in [0, 0.05) is 5.56 Å². The third kappa shape index (κ3) is 3.53. The zero-order valence-corrected chi connectivity index (χ0v) is 12.9. The summed E-state index contributed by atoms with van der Waals surface area (Å²) in [4.78, 5) is 12.2. The standard InChI is InChI=1S/C18H17F3N2O/c19-18(20,21)15-7-3-4-8-16(15)22-23-17(24)14-10-9-12-5-1-2-6-13(12)11-14/h3-4,7-11,22H,1-2,5-6H2,(H,23,24). The first-order valence-corrected chi connectivity index (χ1v) is 7.79. The smallest absolute Gasteiger partial charge is 0.298 e. The van der Waals surface area contributed by atoms with Gasteiger partial charge in [-0.15, -0.1) is 0 Å². The molecule has 0 aromatic heterocycles. The third-order valence-corrected chi connectivity index (χ3v) is 4.15. The molecule has 0 heterocycles. The number of hydrazine groups is 1. The molecule has 0 aliphatic heterocycles. The summed E-state index contributed by atoms with van der Waals surface area (Å²) in [5, 5.41) is 0. The van der Waals surface area contributed by atoms with Crippen LogP contribution in [-0.2, 0) is 19.0 Å². The molecule has 1 amide bonds.